The molecule has 33 heavy (non-hydrogen) atoms. The maximum Gasteiger partial charge on any atom is 0.119 e. The highest BCUT2D eigenvalue weighted by molar-refractivity contribution is 5.45. The third-order valence-corrected chi connectivity index (χ3v) is 7.67. The van der Waals surface area contributed by atoms with E-state index in [1.54, 1.807) is 0 Å². The predicted octanol–water partition coefficient (Wildman–Crippen LogP) is 8.31. The molecule has 4 atom stereocenters. The summed E-state index contributed by atoms with van der Waals surface area (Å²) in [6.45, 7) is 6.50. The molecule has 4 rings (SSSR count). The van der Waals surface area contributed by atoms with Crippen LogP contribution < -0.4 is 4.74 Å². The summed E-state index contributed by atoms with van der Waals surface area (Å²) >= 11 is 0. The van der Waals surface area contributed by atoms with E-state index in [1.807, 2.05) is 43.3 Å². The number of hydrogen-bond donors (Lipinski definition) is 0. The van der Waals surface area contributed by atoms with Crippen molar-refractivity contribution in [2.24, 2.45) is 17.8 Å². The second kappa shape index (κ2) is 11.9. The van der Waals surface area contributed by atoms with Gasteiger partial charge >= 0.3 is 0 Å². The lowest BCUT2D eigenvalue weighted by Crippen LogP contribution is -2.30. The van der Waals surface area contributed by atoms with E-state index < -0.39 is 0 Å². The van der Waals surface area contributed by atoms with Gasteiger partial charge < -0.3 is 4.74 Å². The van der Waals surface area contributed by atoms with Crippen molar-refractivity contribution in [1.29, 1.82) is 0 Å². The minimum absolute atomic E-state index is 0.604. The van der Waals surface area contributed by atoms with Crippen LogP contribution in [0.3, 0.4) is 0 Å². The van der Waals surface area contributed by atoms with Crippen molar-refractivity contribution in [1.82, 2.24) is 0 Å². The van der Waals surface area contributed by atoms with Crippen molar-refractivity contribution < 1.29 is 4.74 Å². The smallest absolute Gasteiger partial charge is 0.119 e. The molecule has 2 aromatic carbocycles. The van der Waals surface area contributed by atoms with Crippen LogP contribution in [0.15, 0.2) is 73.3 Å². The van der Waals surface area contributed by atoms with Crippen molar-refractivity contribution in [3.05, 3.63) is 90.0 Å². The molecule has 0 heterocycles. The lowest BCUT2D eigenvalue weighted by molar-refractivity contribution is 0.115. The molecule has 2 aromatic rings. The van der Waals surface area contributed by atoms with E-state index in [1.165, 1.54) is 56.9 Å². The Kier molecular flexibility index (Phi) is 8.48. The Morgan fingerprint density at radius 1 is 0.879 bits per heavy atom. The Morgan fingerprint density at radius 3 is 2.24 bits per heavy atom. The Morgan fingerprint density at radius 2 is 1.55 bits per heavy atom. The molecule has 2 fully saturated rings. The van der Waals surface area contributed by atoms with E-state index >= 15 is 0 Å². The van der Waals surface area contributed by atoms with Gasteiger partial charge in [-0.15, -0.1) is 6.58 Å². The van der Waals surface area contributed by atoms with Gasteiger partial charge in [-0.2, -0.15) is 0 Å². The van der Waals surface area contributed by atoms with Crippen LogP contribution in [0.4, 0.5) is 0 Å². The van der Waals surface area contributed by atoms with Gasteiger partial charge in [-0.3, -0.25) is 0 Å². The van der Waals surface area contributed by atoms with Gasteiger partial charge in [0.15, 0.2) is 0 Å². The Balaban J connectivity index is 1.30. The summed E-state index contributed by atoms with van der Waals surface area (Å²) in [6.07, 6.45) is 17.1. The van der Waals surface area contributed by atoms with Crippen LogP contribution in [0.2, 0.25) is 0 Å². The molecule has 1 nitrogen and oxygen atoms in total. The van der Waals surface area contributed by atoms with Crippen LogP contribution in [0.25, 0.3) is 0 Å². The van der Waals surface area contributed by atoms with E-state index in [-0.39, 0.29) is 0 Å². The van der Waals surface area contributed by atoms with Gasteiger partial charge in [0.1, 0.15) is 12.4 Å². The highest BCUT2D eigenvalue weighted by Gasteiger charge is 2.35. The van der Waals surface area contributed by atoms with Crippen molar-refractivity contribution in [2.75, 3.05) is 6.61 Å². The van der Waals surface area contributed by atoms with E-state index in [0.29, 0.717) is 6.61 Å². The van der Waals surface area contributed by atoms with Crippen LogP contribution in [0.1, 0.15) is 80.9 Å². The lowest BCUT2D eigenvalue weighted by atomic mass is 9.63. The molecule has 0 aliphatic heterocycles. The number of hydrogen-bond acceptors (Lipinski definition) is 1. The first kappa shape index (κ1) is 23.4. The van der Waals surface area contributed by atoms with E-state index in [4.69, 9.17) is 4.74 Å². The molecule has 172 valence electrons. The fourth-order valence-corrected chi connectivity index (χ4v) is 5.76. The molecule has 4 unspecified atom stereocenters. The molecule has 0 radical (unpaired) electrons. The lowest BCUT2D eigenvalue weighted by Gasteiger charge is -2.42. The highest BCUT2D eigenvalue weighted by Crippen LogP contribution is 2.48. The van der Waals surface area contributed by atoms with E-state index in [0.717, 1.165) is 40.5 Å². The topological polar surface area (TPSA) is 9.23 Å². The van der Waals surface area contributed by atoms with Crippen molar-refractivity contribution in [3.63, 3.8) is 0 Å². The summed E-state index contributed by atoms with van der Waals surface area (Å²) in [4.78, 5) is 0. The number of ether oxygens (including phenoxy) is 1. The summed E-state index contributed by atoms with van der Waals surface area (Å²) in [5.74, 6) is 11.1. The first-order valence-electron chi connectivity index (χ1n) is 12.8. The van der Waals surface area contributed by atoms with Crippen LogP contribution in [-0.4, -0.2) is 6.61 Å². The molecule has 0 amide bonds. The monoisotopic (exact) mass is 438 g/mol. The third-order valence-electron chi connectivity index (χ3n) is 7.67. The Labute approximate surface area is 201 Å². The summed E-state index contributed by atoms with van der Waals surface area (Å²) in [5, 5.41) is 0. The molecule has 0 spiro atoms. The zero-order chi connectivity index (χ0) is 22.9. The number of rotatable bonds is 7. The van der Waals surface area contributed by atoms with E-state index in [9.17, 15) is 0 Å². The molecule has 1 heteroatoms. The van der Waals surface area contributed by atoms with Crippen molar-refractivity contribution in [2.45, 2.75) is 64.2 Å². The quantitative estimate of drug-likeness (QED) is 0.312. The average Bonchev–Trinajstić information content (AvgIpc) is 2.87. The highest BCUT2D eigenvalue weighted by atomic mass is 16.5. The van der Waals surface area contributed by atoms with Crippen LogP contribution >= 0.6 is 0 Å². The number of benzene rings is 2. The third kappa shape index (κ3) is 6.64. The first-order valence-corrected chi connectivity index (χ1v) is 12.8. The first-order chi connectivity index (χ1) is 16.2. The van der Waals surface area contributed by atoms with Gasteiger partial charge in [-0.05, 0) is 118 Å². The van der Waals surface area contributed by atoms with Gasteiger partial charge in [-0.1, -0.05) is 48.6 Å². The largest absolute Gasteiger partial charge is 0.490 e. The summed E-state index contributed by atoms with van der Waals surface area (Å²) < 4.78 is 5.65. The zero-order valence-electron chi connectivity index (χ0n) is 20.1. The number of fused-ring (bicyclic) bond motifs is 1. The predicted molar refractivity (Wildman–Crippen MR) is 140 cm³/mol. The van der Waals surface area contributed by atoms with Crippen LogP contribution in [-0.2, 0) is 0 Å². The van der Waals surface area contributed by atoms with Gasteiger partial charge in [0.25, 0.3) is 0 Å². The van der Waals surface area contributed by atoms with Gasteiger partial charge in [-0.25, -0.2) is 0 Å². The molecule has 0 bridgehead atoms. The van der Waals surface area contributed by atoms with Gasteiger partial charge in [0.2, 0.25) is 0 Å². The standard InChI is InChI=1S/C32H38O/c1-3-5-7-27-12-17-31-24-30(19-18-29(31)23-27)28-15-10-25(11-16-28)8-9-26-13-20-32(21-14-26)33-22-6-4-2/h3-4,6,10-11,13-16,20-21,27,29-31H,1,5,7,12,17-19,22-24H2,2H3/b6-4+. The summed E-state index contributed by atoms with van der Waals surface area (Å²) in [6, 6.07) is 17.1. The molecule has 2 saturated carbocycles. The molecule has 2 aliphatic carbocycles. The second-order valence-corrected chi connectivity index (χ2v) is 9.85. The zero-order valence-corrected chi connectivity index (χ0v) is 20.1. The van der Waals surface area contributed by atoms with Crippen LogP contribution in [0.5, 0.6) is 5.75 Å². The minimum Gasteiger partial charge on any atom is -0.490 e. The minimum atomic E-state index is 0.604. The SMILES string of the molecule is C=CCCC1CCC2CC(c3ccc(C#Cc4ccc(OC/C=C/C)cc4)cc3)CCC2C1. The molecular weight excluding hydrogens is 400 g/mol. The van der Waals surface area contributed by atoms with Crippen LogP contribution in [0, 0.1) is 29.6 Å². The molecule has 0 N–H and O–H groups in total. The molecular formula is C32H38O. The van der Waals surface area contributed by atoms with Crippen molar-refractivity contribution >= 4 is 0 Å². The van der Waals surface area contributed by atoms with E-state index in [2.05, 4.69) is 48.8 Å². The molecule has 0 saturated heterocycles. The maximum atomic E-state index is 5.65. The normalized spacial score (nSPS) is 24.5. The summed E-state index contributed by atoms with van der Waals surface area (Å²) in [7, 11) is 0. The fraction of sp³-hybridized carbons (Fsp3) is 0.438. The Hall–Kier alpha value is -2.72. The van der Waals surface area contributed by atoms with Gasteiger partial charge in [0, 0.05) is 11.1 Å². The second-order valence-electron chi connectivity index (χ2n) is 9.85. The maximum absolute atomic E-state index is 5.65. The fourth-order valence-electron chi connectivity index (χ4n) is 5.76. The molecule has 2 aliphatic rings. The van der Waals surface area contributed by atoms with Crippen molar-refractivity contribution in [3.8, 4) is 17.6 Å². The van der Waals surface area contributed by atoms with Gasteiger partial charge in [0.05, 0.1) is 0 Å². The Bertz CT molecular complexity index is 970. The summed E-state index contributed by atoms with van der Waals surface area (Å²) in [5.41, 5.74) is 3.61. The molecule has 0 aromatic heterocycles. The average molecular weight is 439 g/mol. The number of allylic oxidation sites excluding steroid dienone is 2.